The summed E-state index contributed by atoms with van der Waals surface area (Å²) < 4.78 is 7.77. The quantitative estimate of drug-likeness (QED) is 0.746. The number of hydrogen-bond donors (Lipinski definition) is 0. The first-order valence-electron chi connectivity index (χ1n) is 8.28. The van der Waals surface area contributed by atoms with Crippen LogP contribution in [0.2, 0.25) is 0 Å². The van der Waals surface area contributed by atoms with Crippen LogP contribution in [0.1, 0.15) is 34.9 Å². The zero-order valence-electron chi connectivity index (χ0n) is 13.2. The van der Waals surface area contributed by atoms with Crippen molar-refractivity contribution in [3.63, 3.8) is 0 Å². The summed E-state index contributed by atoms with van der Waals surface area (Å²) in [7, 11) is 0. The molecule has 0 saturated carbocycles. The summed E-state index contributed by atoms with van der Waals surface area (Å²) in [5.74, 6) is 1.15. The normalized spacial score (nSPS) is 17.2. The summed E-state index contributed by atoms with van der Waals surface area (Å²) in [6.45, 7) is 0.807. The van der Waals surface area contributed by atoms with Crippen LogP contribution in [0, 0.1) is 0 Å². The van der Waals surface area contributed by atoms with E-state index in [4.69, 9.17) is 4.42 Å². The molecule has 0 spiro atoms. The average molecular weight is 319 g/mol. The number of benzene rings is 1. The Morgan fingerprint density at radius 2 is 2.04 bits per heavy atom. The molecule has 1 atom stereocenters. The number of anilines is 1. The smallest absolute Gasteiger partial charge is 0.227 e. The molecule has 24 heavy (non-hydrogen) atoms. The Labute approximate surface area is 139 Å². The highest BCUT2D eigenvalue weighted by Crippen LogP contribution is 2.40. The molecule has 120 valence electrons. The Kier molecular flexibility index (Phi) is 2.89. The van der Waals surface area contributed by atoms with E-state index in [9.17, 15) is 4.79 Å². The lowest BCUT2D eigenvalue weighted by molar-refractivity contribution is -0.118. The number of furan rings is 1. The molecule has 5 nitrogen and oxygen atoms in total. The molecule has 5 heteroatoms. The zero-order valence-corrected chi connectivity index (χ0v) is 13.2. The molecular weight excluding hydrogens is 302 g/mol. The number of hydrogen-bond acceptors (Lipinski definition) is 3. The number of amides is 1. The van der Waals surface area contributed by atoms with Crippen LogP contribution in [0.15, 0.2) is 53.7 Å². The maximum absolute atomic E-state index is 12.1. The fourth-order valence-electron chi connectivity index (χ4n) is 4.00. The van der Waals surface area contributed by atoms with Crippen molar-refractivity contribution in [3.8, 4) is 0 Å². The Balaban J connectivity index is 1.67. The molecular formula is C19H17N3O2. The van der Waals surface area contributed by atoms with Gasteiger partial charge < -0.3 is 13.9 Å². The van der Waals surface area contributed by atoms with Gasteiger partial charge in [-0.1, -0.05) is 12.1 Å². The van der Waals surface area contributed by atoms with E-state index < -0.39 is 0 Å². The third-order valence-electron chi connectivity index (χ3n) is 5.03. The first kappa shape index (κ1) is 13.6. The molecule has 5 rings (SSSR count). The van der Waals surface area contributed by atoms with Gasteiger partial charge in [0, 0.05) is 25.4 Å². The molecule has 0 aliphatic carbocycles. The number of aryl methyl sites for hydroxylation is 1. The Morgan fingerprint density at radius 3 is 2.79 bits per heavy atom. The van der Waals surface area contributed by atoms with Gasteiger partial charge >= 0.3 is 0 Å². The number of rotatable bonds is 3. The lowest BCUT2D eigenvalue weighted by atomic mass is 9.93. The van der Waals surface area contributed by atoms with Crippen LogP contribution in [0.4, 0.5) is 5.69 Å². The van der Waals surface area contributed by atoms with Crippen molar-refractivity contribution in [2.75, 3.05) is 11.4 Å². The maximum Gasteiger partial charge on any atom is 0.227 e. The van der Waals surface area contributed by atoms with Crippen LogP contribution in [0.5, 0.6) is 0 Å². The lowest BCUT2D eigenvalue weighted by Gasteiger charge is -2.27. The highest BCUT2D eigenvalue weighted by molar-refractivity contribution is 5.98. The molecule has 4 heterocycles. The van der Waals surface area contributed by atoms with Gasteiger partial charge in [0.15, 0.2) is 0 Å². The van der Waals surface area contributed by atoms with Crippen molar-refractivity contribution in [1.29, 1.82) is 0 Å². The molecule has 0 bridgehead atoms. The minimum Gasteiger partial charge on any atom is -0.467 e. The van der Waals surface area contributed by atoms with Crippen molar-refractivity contribution < 1.29 is 9.21 Å². The van der Waals surface area contributed by atoms with E-state index in [0.717, 1.165) is 30.8 Å². The second kappa shape index (κ2) is 5.09. The van der Waals surface area contributed by atoms with Gasteiger partial charge in [-0.25, -0.2) is 4.98 Å². The van der Waals surface area contributed by atoms with Crippen molar-refractivity contribution in [2.45, 2.75) is 25.3 Å². The van der Waals surface area contributed by atoms with Gasteiger partial charge in [-0.3, -0.25) is 4.79 Å². The summed E-state index contributed by atoms with van der Waals surface area (Å²) in [5, 5.41) is 0. The molecule has 3 aromatic rings. The van der Waals surface area contributed by atoms with Gasteiger partial charge in [-0.15, -0.1) is 0 Å². The molecule has 0 radical (unpaired) electrons. The van der Waals surface area contributed by atoms with Crippen LogP contribution in [0.25, 0.3) is 0 Å². The predicted octanol–water partition coefficient (Wildman–Crippen LogP) is 2.95. The second-order valence-corrected chi connectivity index (χ2v) is 6.41. The summed E-state index contributed by atoms with van der Waals surface area (Å²) in [4.78, 5) is 18.3. The summed E-state index contributed by atoms with van der Waals surface area (Å²) >= 11 is 0. The van der Waals surface area contributed by atoms with Crippen LogP contribution in [-0.4, -0.2) is 22.0 Å². The molecule has 1 aromatic carbocycles. The SMILES string of the molecule is O=C1CCc2cc(C(c3ccco3)n3ccnc3)cc3c2N1CC3. The van der Waals surface area contributed by atoms with Crippen molar-refractivity contribution in [1.82, 2.24) is 9.55 Å². The molecule has 2 aliphatic rings. The Bertz CT molecular complexity index is 863. The highest BCUT2D eigenvalue weighted by atomic mass is 16.3. The van der Waals surface area contributed by atoms with Gasteiger partial charge in [-0.2, -0.15) is 0 Å². The molecule has 1 unspecified atom stereocenters. The first-order valence-corrected chi connectivity index (χ1v) is 8.28. The first-order chi connectivity index (χ1) is 11.8. The summed E-state index contributed by atoms with van der Waals surface area (Å²) in [6, 6.07) is 8.34. The largest absolute Gasteiger partial charge is 0.467 e. The molecule has 2 aromatic heterocycles. The predicted molar refractivity (Wildman–Crippen MR) is 89.0 cm³/mol. The van der Waals surface area contributed by atoms with Crippen molar-refractivity contribution in [2.24, 2.45) is 0 Å². The number of carbonyl (C=O) groups excluding carboxylic acids is 1. The van der Waals surface area contributed by atoms with E-state index >= 15 is 0 Å². The van der Waals surface area contributed by atoms with Crippen molar-refractivity contribution in [3.05, 3.63) is 71.7 Å². The van der Waals surface area contributed by atoms with Gasteiger partial charge in [0.05, 0.1) is 18.3 Å². The minimum atomic E-state index is -0.0317. The third-order valence-corrected chi connectivity index (χ3v) is 5.03. The standard InChI is InChI=1S/C19H17N3O2/c23-17-4-3-13-10-15(11-14-5-7-22(17)18(13)14)19(16-2-1-9-24-16)21-8-6-20-12-21/h1-2,6,8-12,19H,3-5,7H2. The van der Waals surface area contributed by atoms with Crippen LogP contribution in [0.3, 0.4) is 0 Å². The van der Waals surface area contributed by atoms with Crippen LogP contribution in [-0.2, 0) is 17.6 Å². The topological polar surface area (TPSA) is 51.3 Å². The van der Waals surface area contributed by atoms with Crippen LogP contribution < -0.4 is 4.90 Å². The van der Waals surface area contributed by atoms with Gasteiger partial charge in [0.25, 0.3) is 0 Å². The number of nitrogens with zero attached hydrogens (tertiary/aromatic N) is 3. The lowest BCUT2D eigenvalue weighted by Crippen LogP contribution is -2.32. The summed E-state index contributed by atoms with van der Waals surface area (Å²) in [5.41, 5.74) is 4.88. The third kappa shape index (κ3) is 1.94. The molecule has 0 saturated heterocycles. The molecule has 0 N–H and O–H groups in total. The van der Waals surface area contributed by atoms with E-state index in [1.54, 1.807) is 12.5 Å². The van der Waals surface area contributed by atoms with Gasteiger partial charge in [0.1, 0.15) is 11.8 Å². The average Bonchev–Trinajstić information content (AvgIpc) is 3.33. The van der Waals surface area contributed by atoms with E-state index in [1.807, 2.05) is 29.6 Å². The Morgan fingerprint density at radius 1 is 1.17 bits per heavy atom. The maximum atomic E-state index is 12.1. The fraction of sp³-hybridized carbons (Fsp3) is 0.263. The van der Waals surface area contributed by atoms with E-state index in [2.05, 4.69) is 21.7 Å². The minimum absolute atomic E-state index is 0.0317. The van der Waals surface area contributed by atoms with E-state index in [0.29, 0.717) is 6.42 Å². The monoisotopic (exact) mass is 319 g/mol. The second-order valence-electron chi connectivity index (χ2n) is 6.41. The van der Waals surface area contributed by atoms with Crippen molar-refractivity contribution >= 4 is 11.6 Å². The van der Waals surface area contributed by atoms with Crippen LogP contribution >= 0.6 is 0 Å². The fourth-order valence-corrected chi connectivity index (χ4v) is 4.00. The summed E-state index contributed by atoms with van der Waals surface area (Å²) in [6.07, 6.45) is 9.62. The van der Waals surface area contributed by atoms with E-state index in [-0.39, 0.29) is 11.9 Å². The number of carbonyl (C=O) groups is 1. The molecule has 1 amide bonds. The van der Waals surface area contributed by atoms with Gasteiger partial charge in [0.2, 0.25) is 5.91 Å². The molecule has 0 fully saturated rings. The van der Waals surface area contributed by atoms with Gasteiger partial charge in [-0.05, 0) is 41.7 Å². The van der Waals surface area contributed by atoms with E-state index in [1.165, 1.54) is 16.7 Å². The number of imidazole rings is 1. The Hall–Kier alpha value is -2.82. The highest BCUT2D eigenvalue weighted by Gasteiger charge is 2.32. The molecule has 2 aliphatic heterocycles. The number of aromatic nitrogens is 2. The zero-order chi connectivity index (χ0) is 16.1.